The van der Waals surface area contributed by atoms with Crippen LogP contribution >= 0.6 is 11.6 Å². The highest BCUT2D eigenvalue weighted by Crippen LogP contribution is 2.33. The maximum absolute atomic E-state index is 13.4. The smallest absolute Gasteiger partial charge is 0.414 e. The lowest BCUT2D eigenvalue weighted by molar-refractivity contribution is -0.159. The molecule has 8 nitrogen and oxygen atoms in total. The number of carboxylic acids is 2. The Morgan fingerprint density at radius 2 is 1.81 bits per heavy atom. The highest BCUT2D eigenvalue weighted by molar-refractivity contribution is 6.31. The van der Waals surface area contributed by atoms with Crippen LogP contribution in [0.2, 0.25) is 5.02 Å². The number of carboxylic acid groups (broad SMARTS) is 2. The zero-order chi connectivity index (χ0) is 23.2. The fraction of sp³-hybridized carbons (Fsp3) is 0.286. The van der Waals surface area contributed by atoms with Crippen LogP contribution in [0.1, 0.15) is 13.3 Å². The normalized spacial score (nSPS) is 17.3. The van der Waals surface area contributed by atoms with Crippen molar-refractivity contribution in [3.63, 3.8) is 0 Å². The molecule has 1 amide bonds. The van der Waals surface area contributed by atoms with Gasteiger partial charge in [-0.1, -0.05) is 35.9 Å². The molecule has 3 rings (SSSR count). The minimum atomic E-state index is -1.82. The Hall–Kier alpha value is -3.17. The number of hydrogen-bond donors (Lipinski definition) is 3. The molecule has 1 aliphatic rings. The lowest BCUT2D eigenvalue weighted by Crippen LogP contribution is -2.39. The zero-order valence-electron chi connectivity index (χ0n) is 16.9. The molecular weight excluding hydrogens is 431 g/mol. The molecule has 1 heterocycles. The average Bonchev–Trinajstić information content (AvgIpc) is 3.15. The Morgan fingerprint density at radius 1 is 1.16 bits per heavy atom. The van der Waals surface area contributed by atoms with Crippen LogP contribution in [0.25, 0.3) is 11.1 Å². The molecule has 2 aromatic carbocycles. The maximum Gasteiger partial charge on any atom is 0.414 e. The van der Waals surface area contributed by atoms with Gasteiger partial charge >= 0.3 is 18.0 Å². The second-order valence-electron chi connectivity index (χ2n) is 7.06. The highest BCUT2D eigenvalue weighted by atomic mass is 35.5. The van der Waals surface area contributed by atoms with Gasteiger partial charge in [0, 0.05) is 25.6 Å². The van der Waals surface area contributed by atoms with Gasteiger partial charge in [0.25, 0.3) is 0 Å². The molecule has 0 aliphatic carbocycles. The van der Waals surface area contributed by atoms with Gasteiger partial charge in [-0.2, -0.15) is 0 Å². The van der Waals surface area contributed by atoms with Gasteiger partial charge in [-0.05, 0) is 37.2 Å². The number of aliphatic carboxylic acids is 2. The van der Waals surface area contributed by atoms with Crippen molar-refractivity contribution in [3.8, 4) is 11.1 Å². The fourth-order valence-electron chi connectivity index (χ4n) is 2.93. The molecule has 2 aromatic rings. The Bertz CT molecular complexity index is 966. The van der Waals surface area contributed by atoms with Gasteiger partial charge in [0.2, 0.25) is 0 Å². The number of hydrogen-bond acceptors (Lipinski definition) is 5. The van der Waals surface area contributed by atoms with E-state index in [1.165, 1.54) is 11.0 Å². The number of carbonyl (C=O) groups excluding carboxylic acids is 1. The van der Waals surface area contributed by atoms with E-state index in [4.69, 9.17) is 36.1 Å². The summed E-state index contributed by atoms with van der Waals surface area (Å²) in [7, 11) is 1.66. The van der Waals surface area contributed by atoms with Gasteiger partial charge in [-0.25, -0.2) is 18.8 Å². The predicted molar refractivity (Wildman–Crippen MR) is 113 cm³/mol. The number of nitrogens with zero attached hydrogens (tertiary/aromatic N) is 1. The van der Waals surface area contributed by atoms with Gasteiger partial charge in [0.05, 0.1) is 10.7 Å². The SMILES string of the molecule is CN(C(=O)O[C@]1(C)CCNC1)c1ccccc1-c1ccc(F)c(Cl)c1.O=C(O)C(=O)O. The van der Waals surface area contributed by atoms with E-state index in [0.29, 0.717) is 12.2 Å². The molecule has 1 fully saturated rings. The van der Waals surface area contributed by atoms with E-state index in [-0.39, 0.29) is 5.02 Å². The monoisotopic (exact) mass is 452 g/mol. The first kappa shape index (κ1) is 24.1. The van der Waals surface area contributed by atoms with Crippen LogP contribution in [0.3, 0.4) is 0 Å². The van der Waals surface area contributed by atoms with Crippen molar-refractivity contribution in [3.05, 3.63) is 53.3 Å². The summed E-state index contributed by atoms with van der Waals surface area (Å²) in [6, 6.07) is 11.9. The second kappa shape index (κ2) is 10.2. The van der Waals surface area contributed by atoms with Crippen molar-refractivity contribution in [1.29, 1.82) is 0 Å². The zero-order valence-corrected chi connectivity index (χ0v) is 17.6. The minimum Gasteiger partial charge on any atom is -0.473 e. The van der Waals surface area contributed by atoms with Gasteiger partial charge < -0.3 is 20.3 Å². The van der Waals surface area contributed by atoms with Crippen LogP contribution in [0, 0.1) is 5.82 Å². The van der Waals surface area contributed by atoms with E-state index < -0.39 is 29.5 Å². The summed E-state index contributed by atoms with van der Waals surface area (Å²) in [6.07, 6.45) is 0.355. The Labute approximate surface area is 183 Å². The third-order valence-electron chi connectivity index (χ3n) is 4.62. The summed E-state index contributed by atoms with van der Waals surface area (Å²) in [6.45, 7) is 3.39. The molecule has 0 unspecified atom stereocenters. The van der Waals surface area contributed by atoms with E-state index in [1.807, 2.05) is 31.2 Å². The molecule has 0 saturated carbocycles. The van der Waals surface area contributed by atoms with Crippen molar-refractivity contribution in [2.45, 2.75) is 18.9 Å². The summed E-state index contributed by atoms with van der Waals surface area (Å²) in [5.41, 5.74) is 1.68. The lowest BCUT2D eigenvalue weighted by atomic mass is 10.0. The topological polar surface area (TPSA) is 116 Å². The van der Waals surface area contributed by atoms with Gasteiger partial charge in [-0.3, -0.25) is 4.90 Å². The molecule has 1 saturated heterocycles. The number of ether oxygens (including phenoxy) is 1. The maximum atomic E-state index is 13.4. The average molecular weight is 453 g/mol. The van der Waals surface area contributed by atoms with E-state index in [2.05, 4.69) is 5.32 Å². The molecule has 0 spiro atoms. The van der Waals surface area contributed by atoms with Gasteiger partial charge in [0.15, 0.2) is 0 Å². The number of carbonyl (C=O) groups is 3. The third-order valence-corrected chi connectivity index (χ3v) is 4.91. The Morgan fingerprint density at radius 3 is 2.35 bits per heavy atom. The summed E-state index contributed by atoms with van der Waals surface area (Å²) in [5.74, 6) is -4.12. The first-order valence-corrected chi connectivity index (χ1v) is 9.60. The van der Waals surface area contributed by atoms with Crippen molar-refractivity contribution in [2.24, 2.45) is 0 Å². The number of rotatable bonds is 3. The summed E-state index contributed by atoms with van der Waals surface area (Å²) in [5, 5.41) is 18.0. The standard InChI is InChI=1S/C19H20ClFN2O2.C2H2O4/c1-19(9-10-22-12-19)25-18(24)23(2)17-6-4-3-5-14(17)13-7-8-16(21)15(20)11-13;3-1(4)2(5)6/h3-8,11,22H,9-10,12H2,1-2H3;(H,3,4)(H,5,6)/t19-;/m1./s1. The largest absolute Gasteiger partial charge is 0.473 e. The molecule has 31 heavy (non-hydrogen) atoms. The Kier molecular flexibility index (Phi) is 7.95. The van der Waals surface area contributed by atoms with Crippen molar-refractivity contribution in [1.82, 2.24) is 5.32 Å². The summed E-state index contributed by atoms with van der Waals surface area (Å²) >= 11 is 5.90. The molecule has 0 radical (unpaired) electrons. The van der Waals surface area contributed by atoms with E-state index in [1.54, 1.807) is 19.2 Å². The summed E-state index contributed by atoms with van der Waals surface area (Å²) < 4.78 is 19.1. The van der Waals surface area contributed by atoms with E-state index in [9.17, 15) is 9.18 Å². The van der Waals surface area contributed by atoms with Crippen LogP contribution in [0.5, 0.6) is 0 Å². The van der Waals surface area contributed by atoms with Crippen LogP contribution in [0.15, 0.2) is 42.5 Å². The Balaban J connectivity index is 0.000000501. The molecule has 0 aromatic heterocycles. The number of para-hydroxylation sites is 1. The molecule has 1 aliphatic heterocycles. The lowest BCUT2D eigenvalue weighted by Gasteiger charge is -2.28. The second-order valence-corrected chi connectivity index (χ2v) is 7.47. The first-order valence-electron chi connectivity index (χ1n) is 9.22. The van der Waals surface area contributed by atoms with E-state index in [0.717, 1.165) is 24.1 Å². The molecule has 10 heteroatoms. The van der Waals surface area contributed by atoms with Gasteiger partial charge in [-0.15, -0.1) is 0 Å². The number of halogens is 2. The van der Waals surface area contributed by atoms with Crippen molar-refractivity contribution in [2.75, 3.05) is 25.0 Å². The predicted octanol–water partition coefficient (Wildman–Crippen LogP) is 3.63. The number of nitrogens with one attached hydrogen (secondary N) is 1. The molecule has 166 valence electrons. The molecule has 3 N–H and O–H groups in total. The minimum absolute atomic E-state index is 0.0436. The number of anilines is 1. The first-order chi connectivity index (χ1) is 14.5. The number of benzene rings is 2. The fourth-order valence-corrected chi connectivity index (χ4v) is 3.11. The van der Waals surface area contributed by atoms with Crippen LogP contribution in [0.4, 0.5) is 14.9 Å². The van der Waals surface area contributed by atoms with Gasteiger partial charge in [0.1, 0.15) is 11.4 Å². The molecule has 1 atom stereocenters. The van der Waals surface area contributed by atoms with E-state index >= 15 is 0 Å². The van der Waals surface area contributed by atoms with Crippen molar-refractivity contribution >= 4 is 35.3 Å². The summed E-state index contributed by atoms with van der Waals surface area (Å²) in [4.78, 5) is 32.3. The van der Waals surface area contributed by atoms with Crippen LogP contribution in [-0.2, 0) is 14.3 Å². The molecule has 0 bridgehead atoms. The van der Waals surface area contributed by atoms with Crippen LogP contribution in [-0.4, -0.2) is 54.0 Å². The van der Waals surface area contributed by atoms with Crippen LogP contribution < -0.4 is 10.2 Å². The highest BCUT2D eigenvalue weighted by Gasteiger charge is 2.34. The third kappa shape index (κ3) is 6.40. The number of amides is 1. The quantitative estimate of drug-likeness (QED) is 0.609. The van der Waals surface area contributed by atoms with Crippen molar-refractivity contribution < 1.29 is 33.7 Å². The molecular formula is C21H22ClFN2O6.